The van der Waals surface area contributed by atoms with Crippen LogP contribution < -0.4 is 9.21 Å². The largest absolute Gasteiger partial charge is 0.449 e. The Labute approximate surface area is 194 Å². The number of nitrogens with zero attached hydrogens (tertiary/aromatic N) is 2. The Balaban J connectivity index is 1.71. The Morgan fingerprint density at radius 2 is 1.36 bits per heavy atom. The van der Waals surface area contributed by atoms with Crippen molar-refractivity contribution in [3.05, 3.63) is 90.5 Å². The van der Waals surface area contributed by atoms with E-state index in [1.165, 1.54) is 40.4 Å². The van der Waals surface area contributed by atoms with Gasteiger partial charge in [-0.1, -0.05) is 36.4 Å². The molecule has 3 aromatic carbocycles. The van der Waals surface area contributed by atoms with Crippen molar-refractivity contribution < 1.29 is 22.7 Å². The molecule has 0 heterocycles. The zero-order valence-corrected chi connectivity index (χ0v) is 19.5. The Morgan fingerprint density at radius 1 is 0.848 bits per heavy atom. The molecule has 0 spiro atoms. The molecule has 0 aliphatic carbocycles. The molecule has 0 saturated carbocycles. The van der Waals surface area contributed by atoms with E-state index < -0.39 is 22.1 Å². The van der Waals surface area contributed by atoms with E-state index in [-0.39, 0.29) is 22.9 Å². The summed E-state index contributed by atoms with van der Waals surface area (Å²) < 4.78 is 32.8. The summed E-state index contributed by atoms with van der Waals surface area (Å²) in [5, 5.41) is 0. The lowest BCUT2D eigenvalue weighted by Crippen LogP contribution is -2.37. The van der Waals surface area contributed by atoms with Crippen LogP contribution in [0.15, 0.2) is 89.8 Å². The maximum absolute atomic E-state index is 13.1. The quantitative estimate of drug-likeness (QED) is 0.467. The Hall–Kier alpha value is -3.65. The molecule has 0 unspecified atom stereocenters. The fourth-order valence-corrected chi connectivity index (χ4v) is 4.78. The first kappa shape index (κ1) is 24.0. The minimum absolute atomic E-state index is 0.0534. The third kappa shape index (κ3) is 5.40. The Morgan fingerprint density at radius 3 is 1.88 bits per heavy atom. The maximum atomic E-state index is 13.1. The SMILES string of the molecule is CCN(c1ccccc1)S(=O)(=O)c1ccc(C(=O)O[C@@H](C)C(=O)N(C)c2ccccc2)cc1. The number of carbonyl (C=O) groups excluding carboxylic acids is 2. The molecule has 3 aromatic rings. The predicted octanol–water partition coefficient (Wildman–Crippen LogP) is 4.11. The second-order valence-corrected chi connectivity index (χ2v) is 9.17. The first-order valence-electron chi connectivity index (χ1n) is 10.5. The van der Waals surface area contributed by atoms with Crippen molar-refractivity contribution in [3.8, 4) is 0 Å². The zero-order valence-electron chi connectivity index (χ0n) is 18.7. The number of anilines is 2. The predicted molar refractivity (Wildman–Crippen MR) is 128 cm³/mol. The number of esters is 1. The van der Waals surface area contributed by atoms with E-state index >= 15 is 0 Å². The minimum atomic E-state index is -3.80. The summed E-state index contributed by atoms with van der Waals surface area (Å²) in [6, 6.07) is 23.3. The van der Waals surface area contributed by atoms with Crippen molar-refractivity contribution in [3.63, 3.8) is 0 Å². The number of amides is 1. The van der Waals surface area contributed by atoms with Crippen LogP contribution in [0.3, 0.4) is 0 Å². The van der Waals surface area contributed by atoms with Crippen LogP contribution in [0.2, 0.25) is 0 Å². The van der Waals surface area contributed by atoms with Gasteiger partial charge in [0.05, 0.1) is 16.1 Å². The number of ether oxygens (including phenoxy) is 1. The maximum Gasteiger partial charge on any atom is 0.338 e. The fourth-order valence-electron chi connectivity index (χ4n) is 3.31. The van der Waals surface area contributed by atoms with Gasteiger partial charge in [-0.05, 0) is 62.4 Å². The molecule has 0 bridgehead atoms. The van der Waals surface area contributed by atoms with Gasteiger partial charge < -0.3 is 9.64 Å². The number of hydrogen-bond acceptors (Lipinski definition) is 5. The molecule has 0 radical (unpaired) electrons. The zero-order chi connectivity index (χ0) is 24.0. The molecule has 1 atom stereocenters. The van der Waals surface area contributed by atoms with Gasteiger partial charge in [0.25, 0.3) is 15.9 Å². The first-order chi connectivity index (χ1) is 15.8. The average Bonchev–Trinajstić information content (AvgIpc) is 2.84. The highest BCUT2D eigenvalue weighted by atomic mass is 32.2. The molecule has 33 heavy (non-hydrogen) atoms. The van der Waals surface area contributed by atoms with Crippen LogP contribution in [0.4, 0.5) is 11.4 Å². The monoisotopic (exact) mass is 466 g/mol. The van der Waals surface area contributed by atoms with Crippen LogP contribution in [0.5, 0.6) is 0 Å². The van der Waals surface area contributed by atoms with Crippen LogP contribution >= 0.6 is 0 Å². The summed E-state index contributed by atoms with van der Waals surface area (Å²) >= 11 is 0. The third-order valence-electron chi connectivity index (χ3n) is 5.12. The van der Waals surface area contributed by atoms with E-state index in [2.05, 4.69) is 0 Å². The number of likely N-dealkylation sites (N-methyl/N-ethyl adjacent to an activating group) is 1. The van der Waals surface area contributed by atoms with Gasteiger partial charge in [-0.2, -0.15) is 0 Å². The highest BCUT2D eigenvalue weighted by Gasteiger charge is 2.25. The van der Waals surface area contributed by atoms with Gasteiger partial charge in [0.2, 0.25) is 0 Å². The molecule has 7 nitrogen and oxygen atoms in total. The lowest BCUT2D eigenvalue weighted by molar-refractivity contribution is -0.126. The number of sulfonamides is 1. The number of benzene rings is 3. The van der Waals surface area contributed by atoms with Gasteiger partial charge in [0.1, 0.15) is 0 Å². The van der Waals surface area contributed by atoms with Gasteiger partial charge in [-0.3, -0.25) is 9.10 Å². The fraction of sp³-hybridized carbons (Fsp3) is 0.200. The molecule has 172 valence electrons. The Bertz CT molecular complexity index is 1200. The average molecular weight is 467 g/mol. The third-order valence-corrected chi connectivity index (χ3v) is 7.03. The molecule has 0 aromatic heterocycles. The van der Waals surface area contributed by atoms with E-state index in [0.717, 1.165) is 0 Å². The highest BCUT2D eigenvalue weighted by Crippen LogP contribution is 2.23. The van der Waals surface area contributed by atoms with E-state index in [1.54, 1.807) is 50.4 Å². The summed E-state index contributed by atoms with van der Waals surface area (Å²) in [5.74, 6) is -1.09. The first-order valence-corrected chi connectivity index (χ1v) is 11.9. The van der Waals surface area contributed by atoms with Crippen LogP contribution in [0.25, 0.3) is 0 Å². The molecule has 0 fully saturated rings. The van der Waals surface area contributed by atoms with Gasteiger partial charge in [0, 0.05) is 19.3 Å². The summed E-state index contributed by atoms with van der Waals surface area (Å²) in [4.78, 5) is 26.6. The number of rotatable bonds is 8. The number of carbonyl (C=O) groups is 2. The molecule has 8 heteroatoms. The summed E-state index contributed by atoms with van der Waals surface area (Å²) in [5.41, 5.74) is 1.39. The molecule has 0 saturated heterocycles. The standard InChI is InChI=1S/C25H26N2O5S/c1-4-27(22-13-9-6-10-14-22)33(30,31)23-17-15-20(16-18-23)25(29)32-19(2)24(28)26(3)21-11-7-5-8-12-21/h5-19H,4H2,1-3H3/t19-/m0/s1. The molecular formula is C25H26N2O5S. The molecular weight excluding hydrogens is 440 g/mol. The van der Waals surface area contributed by atoms with Crippen molar-refractivity contribution >= 4 is 33.3 Å². The van der Waals surface area contributed by atoms with Crippen molar-refractivity contribution in [2.75, 3.05) is 22.8 Å². The second kappa shape index (κ2) is 10.3. The summed E-state index contributed by atoms with van der Waals surface area (Å²) in [6.45, 7) is 3.50. The highest BCUT2D eigenvalue weighted by molar-refractivity contribution is 7.92. The Kier molecular flexibility index (Phi) is 7.50. The summed E-state index contributed by atoms with van der Waals surface area (Å²) in [7, 11) is -2.20. The second-order valence-electron chi connectivity index (χ2n) is 7.31. The number of hydrogen-bond donors (Lipinski definition) is 0. The van der Waals surface area contributed by atoms with Gasteiger partial charge >= 0.3 is 5.97 Å². The lowest BCUT2D eigenvalue weighted by atomic mass is 10.2. The topological polar surface area (TPSA) is 84.0 Å². The van der Waals surface area contributed by atoms with Crippen molar-refractivity contribution in [2.24, 2.45) is 0 Å². The van der Waals surface area contributed by atoms with Gasteiger partial charge in [-0.15, -0.1) is 0 Å². The normalized spacial score (nSPS) is 12.0. The van der Waals surface area contributed by atoms with Gasteiger partial charge in [0.15, 0.2) is 6.10 Å². The molecule has 0 aliphatic rings. The van der Waals surface area contributed by atoms with Gasteiger partial charge in [-0.25, -0.2) is 13.2 Å². The molecule has 0 aliphatic heterocycles. The van der Waals surface area contributed by atoms with E-state index in [1.807, 2.05) is 24.3 Å². The van der Waals surface area contributed by atoms with E-state index in [9.17, 15) is 18.0 Å². The molecule has 0 N–H and O–H groups in total. The van der Waals surface area contributed by atoms with Crippen LogP contribution in [-0.2, 0) is 19.6 Å². The van der Waals surface area contributed by atoms with Crippen molar-refractivity contribution in [1.29, 1.82) is 0 Å². The van der Waals surface area contributed by atoms with Crippen LogP contribution in [-0.4, -0.2) is 40.0 Å². The van der Waals surface area contributed by atoms with Crippen molar-refractivity contribution in [2.45, 2.75) is 24.8 Å². The van der Waals surface area contributed by atoms with Crippen LogP contribution in [0.1, 0.15) is 24.2 Å². The van der Waals surface area contributed by atoms with E-state index in [4.69, 9.17) is 4.74 Å². The van der Waals surface area contributed by atoms with Crippen LogP contribution in [0, 0.1) is 0 Å². The molecule has 1 amide bonds. The summed E-state index contributed by atoms with van der Waals surface area (Å²) in [6.07, 6.45) is -1.01. The minimum Gasteiger partial charge on any atom is -0.449 e. The smallest absolute Gasteiger partial charge is 0.338 e. The van der Waals surface area contributed by atoms with Crippen molar-refractivity contribution in [1.82, 2.24) is 0 Å². The lowest BCUT2D eigenvalue weighted by Gasteiger charge is -2.23. The van der Waals surface area contributed by atoms with E-state index in [0.29, 0.717) is 11.4 Å². The number of para-hydroxylation sites is 2. The molecule has 3 rings (SSSR count).